The fourth-order valence-corrected chi connectivity index (χ4v) is 1.74. The summed E-state index contributed by atoms with van der Waals surface area (Å²) in [7, 11) is 0. The van der Waals surface area contributed by atoms with Crippen molar-refractivity contribution in [2.75, 3.05) is 10.6 Å². The lowest BCUT2D eigenvalue weighted by Gasteiger charge is -2.05. The van der Waals surface area contributed by atoms with Crippen LogP contribution in [0.4, 0.5) is 16.2 Å². The van der Waals surface area contributed by atoms with Crippen molar-refractivity contribution in [1.82, 2.24) is 15.2 Å². The van der Waals surface area contributed by atoms with Gasteiger partial charge in [-0.05, 0) is 24.3 Å². The third-order valence-corrected chi connectivity index (χ3v) is 2.57. The van der Waals surface area contributed by atoms with Gasteiger partial charge in [0, 0.05) is 29.0 Å². The highest BCUT2D eigenvalue weighted by Crippen LogP contribution is 2.17. The molecule has 2 aromatic heterocycles. The molecule has 0 saturated carbocycles. The highest BCUT2D eigenvalue weighted by molar-refractivity contribution is 6.00. The first-order chi connectivity index (χ1) is 8.81. The van der Waals surface area contributed by atoms with E-state index in [1.54, 1.807) is 6.20 Å². The Balaban J connectivity index is 1.73. The summed E-state index contributed by atoms with van der Waals surface area (Å²) < 4.78 is 0. The summed E-state index contributed by atoms with van der Waals surface area (Å²) in [6.45, 7) is 0. The molecule has 1 aromatic carbocycles. The van der Waals surface area contributed by atoms with Gasteiger partial charge in [0.05, 0.1) is 11.9 Å². The number of H-pyrrole nitrogens is 2. The minimum atomic E-state index is -0.300. The molecule has 0 fully saturated rings. The van der Waals surface area contributed by atoms with E-state index in [9.17, 15) is 4.79 Å². The van der Waals surface area contributed by atoms with E-state index in [0.29, 0.717) is 5.69 Å². The molecule has 0 spiro atoms. The number of aromatic amines is 2. The van der Waals surface area contributed by atoms with Crippen LogP contribution >= 0.6 is 0 Å². The number of amides is 2. The van der Waals surface area contributed by atoms with Crippen LogP contribution in [0.25, 0.3) is 10.9 Å². The summed E-state index contributed by atoms with van der Waals surface area (Å²) >= 11 is 0. The van der Waals surface area contributed by atoms with Crippen LogP contribution in [-0.2, 0) is 0 Å². The summed E-state index contributed by atoms with van der Waals surface area (Å²) in [5, 5.41) is 12.8. The van der Waals surface area contributed by atoms with Crippen molar-refractivity contribution in [3.05, 3.63) is 42.9 Å². The molecule has 2 heterocycles. The molecule has 0 aliphatic rings. The fourth-order valence-electron chi connectivity index (χ4n) is 1.74. The number of hydrogen-bond donors (Lipinski definition) is 4. The predicted octanol–water partition coefficient (Wildman–Crippen LogP) is 2.54. The minimum absolute atomic E-state index is 0.300. The summed E-state index contributed by atoms with van der Waals surface area (Å²) in [4.78, 5) is 14.8. The van der Waals surface area contributed by atoms with Gasteiger partial charge in [0.1, 0.15) is 0 Å². The van der Waals surface area contributed by atoms with Gasteiger partial charge in [0.15, 0.2) is 0 Å². The van der Waals surface area contributed by atoms with Crippen LogP contribution in [0.5, 0.6) is 0 Å². The molecule has 0 bridgehead atoms. The van der Waals surface area contributed by atoms with Gasteiger partial charge in [-0.1, -0.05) is 0 Å². The Morgan fingerprint density at radius 3 is 2.89 bits per heavy atom. The Kier molecular flexibility index (Phi) is 2.45. The summed E-state index contributed by atoms with van der Waals surface area (Å²) in [5.41, 5.74) is 2.40. The Hall–Kier alpha value is -2.76. The molecule has 90 valence electrons. The molecule has 3 aromatic rings. The molecule has 0 saturated heterocycles. The normalized spacial score (nSPS) is 10.4. The molecule has 3 rings (SSSR count). The molecule has 0 aliphatic carbocycles. The number of fused-ring (bicyclic) bond motifs is 1. The first-order valence-electron chi connectivity index (χ1n) is 5.45. The molecule has 18 heavy (non-hydrogen) atoms. The van der Waals surface area contributed by atoms with Gasteiger partial charge in [-0.15, -0.1) is 0 Å². The quantitative estimate of drug-likeness (QED) is 0.555. The average molecular weight is 241 g/mol. The molecular weight excluding hydrogens is 230 g/mol. The zero-order valence-electron chi connectivity index (χ0n) is 9.40. The molecule has 2 amide bonds. The van der Waals surface area contributed by atoms with Crippen molar-refractivity contribution in [3.8, 4) is 0 Å². The average Bonchev–Trinajstić information content (AvgIpc) is 2.98. The van der Waals surface area contributed by atoms with Gasteiger partial charge in [-0.2, -0.15) is 5.10 Å². The fraction of sp³-hybridized carbons (Fsp3) is 0. The van der Waals surface area contributed by atoms with E-state index in [1.165, 1.54) is 6.20 Å². The highest BCUT2D eigenvalue weighted by Gasteiger charge is 2.04. The number of benzene rings is 1. The van der Waals surface area contributed by atoms with Crippen LogP contribution in [0.2, 0.25) is 0 Å². The topological polar surface area (TPSA) is 85.6 Å². The lowest BCUT2D eigenvalue weighted by atomic mass is 10.2. The number of nitrogens with zero attached hydrogens (tertiary/aromatic N) is 1. The van der Waals surface area contributed by atoms with E-state index in [-0.39, 0.29) is 6.03 Å². The van der Waals surface area contributed by atoms with E-state index in [4.69, 9.17) is 0 Å². The van der Waals surface area contributed by atoms with Crippen molar-refractivity contribution >= 4 is 28.3 Å². The van der Waals surface area contributed by atoms with Gasteiger partial charge < -0.3 is 15.6 Å². The molecular formula is C12H11N5O. The van der Waals surface area contributed by atoms with Gasteiger partial charge in [-0.25, -0.2) is 4.79 Å². The van der Waals surface area contributed by atoms with E-state index in [1.807, 2.05) is 30.5 Å². The lowest BCUT2D eigenvalue weighted by molar-refractivity contribution is 0.262. The number of nitrogens with one attached hydrogen (secondary N) is 4. The first kappa shape index (κ1) is 10.4. The van der Waals surface area contributed by atoms with Crippen molar-refractivity contribution in [3.63, 3.8) is 0 Å². The number of aromatic nitrogens is 3. The third kappa shape index (κ3) is 2.03. The number of urea groups is 1. The van der Waals surface area contributed by atoms with Crippen molar-refractivity contribution in [2.24, 2.45) is 0 Å². The minimum Gasteiger partial charge on any atom is -0.361 e. The molecule has 0 unspecified atom stereocenters. The Labute approximate surface area is 102 Å². The standard InChI is InChI=1S/C12H11N5O/c18-12(17-10-6-14-15-7-10)16-9-1-2-11-8(5-9)3-4-13-11/h1-7,13H,(H,14,15)(H2,16,17,18). The van der Waals surface area contributed by atoms with Crippen LogP contribution in [0.1, 0.15) is 0 Å². The van der Waals surface area contributed by atoms with Crippen molar-refractivity contribution in [1.29, 1.82) is 0 Å². The second-order valence-corrected chi connectivity index (χ2v) is 3.85. The van der Waals surface area contributed by atoms with Gasteiger partial charge in [0.25, 0.3) is 0 Å². The maximum absolute atomic E-state index is 11.7. The molecule has 6 nitrogen and oxygen atoms in total. The van der Waals surface area contributed by atoms with Crippen LogP contribution in [0, 0.1) is 0 Å². The number of carbonyl (C=O) groups excluding carboxylic acids is 1. The van der Waals surface area contributed by atoms with Gasteiger partial charge in [-0.3, -0.25) is 5.10 Å². The van der Waals surface area contributed by atoms with Gasteiger partial charge >= 0.3 is 6.03 Å². The lowest BCUT2D eigenvalue weighted by Crippen LogP contribution is -2.18. The summed E-state index contributed by atoms with van der Waals surface area (Å²) in [6, 6.07) is 7.32. The maximum atomic E-state index is 11.7. The molecule has 4 N–H and O–H groups in total. The van der Waals surface area contributed by atoms with Crippen LogP contribution < -0.4 is 10.6 Å². The predicted molar refractivity (Wildman–Crippen MR) is 69.5 cm³/mol. The second-order valence-electron chi connectivity index (χ2n) is 3.85. The Morgan fingerprint density at radius 2 is 2.06 bits per heavy atom. The second kappa shape index (κ2) is 4.25. The first-order valence-corrected chi connectivity index (χ1v) is 5.45. The number of hydrogen-bond acceptors (Lipinski definition) is 2. The monoisotopic (exact) mass is 241 g/mol. The number of carbonyl (C=O) groups is 1. The highest BCUT2D eigenvalue weighted by atomic mass is 16.2. The Bertz CT molecular complexity index is 671. The van der Waals surface area contributed by atoms with E-state index in [0.717, 1.165) is 16.6 Å². The SMILES string of the molecule is O=C(Nc1cn[nH]c1)Nc1ccc2[nH]ccc2c1. The zero-order valence-corrected chi connectivity index (χ0v) is 9.40. The van der Waals surface area contributed by atoms with Crippen molar-refractivity contribution in [2.45, 2.75) is 0 Å². The summed E-state index contributed by atoms with van der Waals surface area (Å²) in [6.07, 6.45) is 5.00. The molecule has 0 aliphatic heterocycles. The Morgan fingerprint density at radius 1 is 1.17 bits per heavy atom. The smallest absolute Gasteiger partial charge is 0.323 e. The largest absolute Gasteiger partial charge is 0.361 e. The van der Waals surface area contributed by atoms with E-state index < -0.39 is 0 Å². The molecule has 6 heteroatoms. The number of rotatable bonds is 2. The van der Waals surface area contributed by atoms with E-state index in [2.05, 4.69) is 25.8 Å². The van der Waals surface area contributed by atoms with Crippen LogP contribution in [-0.4, -0.2) is 21.2 Å². The van der Waals surface area contributed by atoms with E-state index >= 15 is 0 Å². The van der Waals surface area contributed by atoms with Crippen LogP contribution in [0.15, 0.2) is 42.9 Å². The molecule has 0 radical (unpaired) electrons. The number of anilines is 2. The van der Waals surface area contributed by atoms with Crippen LogP contribution in [0.3, 0.4) is 0 Å². The van der Waals surface area contributed by atoms with Crippen molar-refractivity contribution < 1.29 is 4.79 Å². The maximum Gasteiger partial charge on any atom is 0.323 e. The van der Waals surface area contributed by atoms with Gasteiger partial charge in [0.2, 0.25) is 0 Å². The zero-order chi connectivity index (χ0) is 12.4. The third-order valence-electron chi connectivity index (χ3n) is 2.57. The summed E-state index contributed by atoms with van der Waals surface area (Å²) in [5.74, 6) is 0. The molecule has 0 atom stereocenters.